The van der Waals surface area contributed by atoms with E-state index < -0.39 is 5.91 Å². The minimum absolute atomic E-state index is 0.0242. The van der Waals surface area contributed by atoms with Gasteiger partial charge in [-0.3, -0.25) is 19.8 Å². The van der Waals surface area contributed by atoms with Gasteiger partial charge in [-0.1, -0.05) is 31.0 Å². The molecule has 1 aromatic heterocycles. The number of aryl methyl sites for hydroxylation is 1. The highest BCUT2D eigenvalue weighted by atomic mass is 16.5. The van der Waals surface area contributed by atoms with Crippen LogP contribution in [-0.4, -0.2) is 28.0 Å². The van der Waals surface area contributed by atoms with Gasteiger partial charge < -0.3 is 10.1 Å². The van der Waals surface area contributed by atoms with Crippen molar-refractivity contribution in [1.82, 2.24) is 15.8 Å². The number of ether oxygens (including phenoxy) is 1. The van der Waals surface area contributed by atoms with Crippen molar-refractivity contribution in [3.05, 3.63) is 71.4 Å². The molecule has 7 heteroatoms. The molecule has 2 atom stereocenters. The van der Waals surface area contributed by atoms with E-state index in [1.54, 1.807) is 29.7 Å². The quantitative estimate of drug-likeness (QED) is 0.370. The van der Waals surface area contributed by atoms with E-state index in [-0.39, 0.29) is 24.3 Å². The number of hydroxylamine groups is 1. The SMILES string of the molecule is Cc1cc(COc2ccc(C(=O)N[C@H]3CCCC[C@H]3CC(=O)NO)cc2)c2ccccc2n1. The number of nitrogens with zero attached hydrogens (tertiary/aromatic N) is 1. The average Bonchev–Trinajstić information content (AvgIpc) is 2.83. The molecule has 4 rings (SSSR count). The Morgan fingerprint density at radius 3 is 2.64 bits per heavy atom. The second kappa shape index (κ2) is 10.4. The van der Waals surface area contributed by atoms with Crippen LogP contribution < -0.4 is 15.5 Å². The van der Waals surface area contributed by atoms with E-state index in [2.05, 4.69) is 10.3 Å². The molecule has 0 aliphatic heterocycles. The molecule has 2 aromatic carbocycles. The molecule has 3 aromatic rings. The second-order valence-corrected chi connectivity index (χ2v) is 8.62. The van der Waals surface area contributed by atoms with Gasteiger partial charge in [-0.25, -0.2) is 5.48 Å². The summed E-state index contributed by atoms with van der Waals surface area (Å²) < 4.78 is 5.99. The third kappa shape index (κ3) is 5.68. The van der Waals surface area contributed by atoms with Crippen molar-refractivity contribution in [2.75, 3.05) is 0 Å². The number of fused-ring (bicyclic) bond motifs is 1. The van der Waals surface area contributed by atoms with Crippen molar-refractivity contribution in [2.45, 2.75) is 51.7 Å². The molecule has 0 saturated heterocycles. The number of amides is 2. The molecule has 1 heterocycles. The van der Waals surface area contributed by atoms with Gasteiger partial charge in [-0.15, -0.1) is 0 Å². The number of nitrogens with one attached hydrogen (secondary N) is 2. The topological polar surface area (TPSA) is 101 Å². The summed E-state index contributed by atoms with van der Waals surface area (Å²) in [5.41, 5.74) is 5.19. The maximum atomic E-state index is 12.8. The summed E-state index contributed by atoms with van der Waals surface area (Å²) in [5, 5.41) is 13.0. The van der Waals surface area contributed by atoms with Gasteiger partial charge in [0, 0.05) is 34.7 Å². The van der Waals surface area contributed by atoms with Crippen LogP contribution in [0.2, 0.25) is 0 Å². The molecule has 0 radical (unpaired) electrons. The first-order chi connectivity index (χ1) is 16.0. The summed E-state index contributed by atoms with van der Waals surface area (Å²) in [4.78, 5) is 28.9. The minimum Gasteiger partial charge on any atom is -0.489 e. The van der Waals surface area contributed by atoms with Gasteiger partial charge in [0.05, 0.1) is 5.52 Å². The van der Waals surface area contributed by atoms with Gasteiger partial charge in [-0.05, 0) is 62.1 Å². The van der Waals surface area contributed by atoms with Crippen molar-refractivity contribution in [2.24, 2.45) is 5.92 Å². The average molecular weight is 448 g/mol. The van der Waals surface area contributed by atoms with Crippen LogP contribution in [0.3, 0.4) is 0 Å². The molecule has 1 fully saturated rings. The van der Waals surface area contributed by atoms with Crippen LogP contribution in [0.5, 0.6) is 5.75 Å². The maximum Gasteiger partial charge on any atom is 0.251 e. The Balaban J connectivity index is 1.38. The smallest absolute Gasteiger partial charge is 0.251 e. The van der Waals surface area contributed by atoms with E-state index in [0.29, 0.717) is 17.9 Å². The first kappa shape index (κ1) is 22.7. The van der Waals surface area contributed by atoms with Crippen LogP contribution in [0.4, 0.5) is 0 Å². The number of hydrogen-bond donors (Lipinski definition) is 3. The molecule has 0 unspecified atom stereocenters. The van der Waals surface area contributed by atoms with E-state index in [1.165, 1.54) is 0 Å². The number of para-hydroxylation sites is 1. The number of hydrogen-bond acceptors (Lipinski definition) is 5. The van der Waals surface area contributed by atoms with Gasteiger partial charge in [0.1, 0.15) is 12.4 Å². The van der Waals surface area contributed by atoms with Crippen LogP contribution in [0, 0.1) is 12.8 Å². The Morgan fingerprint density at radius 1 is 1.09 bits per heavy atom. The van der Waals surface area contributed by atoms with Crippen molar-refractivity contribution in [3.8, 4) is 5.75 Å². The lowest BCUT2D eigenvalue weighted by molar-refractivity contribution is -0.130. The van der Waals surface area contributed by atoms with E-state index >= 15 is 0 Å². The molecule has 2 amide bonds. The van der Waals surface area contributed by atoms with Gasteiger partial charge in [0.2, 0.25) is 5.91 Å². The normalized spacial score (nSPS) is 18.0. The largest absolute Gasteiger partial charge is 0.489 e. The van der Waals surface area contributed by atoms with Crippen LogP contribution in [0.25, 0.3) is 10.9 Å². The Labute approximate surface area is 193 Å². The van der Waals surface area contributed by atoms with E-state index in [1.807, 2.05) is 37.3 Å². The standard InChI is InChI=1S/C26H29N3O4/c1-17-14-20(22-7-3-5-9-24(22)27-17)16-33-21-12-10-18(11-13-21)26(31)28-23-8-4-2-6-19(23)15-25(30)29-32/h3,5,7,9-14,19,23,32H,2,4,6,8,15-16H2,1H3,(H,28,31)(H,29,30)/t19-,23-/m0/s1. The fourth-order valence-electron chi connectivity index (χ4n) is 4.56. The minimum atomic E-state index is -0.417. The fourth-order valence-corrected chi connectivity index (χ4v) is 4.56. The first-order valence-corrected chi connectivity index (χ1v) is 11.4. The Hall–Kier alpha value is -3.45. The Bertz CT molecular complexity index is 1130. The summed E-state index contributed by atoms with van der Waals surface area (Å²) in [6.07, 6.45) is 3.92. The lowest BCUT2D eigenvalue weighted by Crippen LogP contribution is -2.43. The predicted octanol–water partition coefficient (Wildman–Crippen LogP) is 4.31. The van der Waals surface area contributed by atoms with Crippen LogP contribution in [-0.2, 0) is 11.4 Å². The van der Waals surface area contributed by atoms with Gasteiger partial charge in [0.25, 0.3) is 5.91 Å². The second-order valence-electron chi connectivity index (χ2n) is 8.62. The molecule has 1 saturated carbocycles. The summed E-state index contributed by atoms with van der Waals surface area (Å²) in [6.45, 7) is 2.38. The molecule has 3 N–H and O–H groups in total. The number of pyridine rings is 1. The summed E-state index contributed by atoms with van der Waals surface area (Å²) >= 11 is 0. The molecule has 1 aliphatic rings. The predicted molar refractivity (Wildman–Crippen MR) is 125 cm³/mol. The zero-order chi connectivity index (χ0) is 23.2. The highest BCUT2D eigenvalue weighted by Gasteiger charge is 2.28. The van der Waals surface area contributed by atoms with E-state index in [0.717, 1.165) is 47.8 Å². The third-order valence-corrected chi connectivity index (χ3v) is 6.24. The number of aromatic nitrogens is 1. The van der Waals surface area contributed by atoms with Gasteiger partial charge in [-0.2, -0.15) is 0 Å². The summed E-state index contributed by atoms with van der Waals surface area (Å²) in [6, 6.07) is 17.0. The molecule has 7 nitrogen and oxygen atoms in total. The first-order valence-electron chi connectivity index (χ1n) is 11.4. The zero-order valence-electron chi connectivity index (χ0n) is 18.7. The molecule has 0 spiro atoms. The summed E-state index contributed by atoms with van der Waals surface area (Å²) in [5.74, 6) is 0.120. The molecular weight excluding hydrogens is 418 g/mol. The molecular formula is C26H29N3O4. The zero-order valence-corrected chi connectivity index (χ0v) is 18.7. The van der Waals surface area contributed by atoms with Crippen LogP contribution in [0.1, 0.15) is 53.7 Å². The number of rotatable bonds is 7. The summed E-state index contributed by atoms with van der Waals surface area (Å²) in [7, 11) is 0. The highest BCUT2D eigenvalue weighted by Crippen LogP contribution is 2.27. The van der Waals surface area contributed by atoms with Gasteiger partial charge >= 0.3 is 0 Å². The molecule has 0 bridgehead atoms. The number of carbonyl (C=O) groups excluding carboxylic acids is 2. The van der Waals surface area contributed by atoms with Crippen molar-refractivity contribution >= 4 is 22.7 Å². The molecule has 172 valence electrons. The van der Waals surface area contributed by atoms with E-state index in [9.17, 15) is 9.59 Å². The van der Waals surface area contributed by atoms with Crippen LogP contribution in [0.15, 0.2) is 54.6 Å². The van der Waals surface area contributed by atoms with Crippen LogP contribution >= 0.6 is 0 Å². The lowest BCUT2D eigenvalue weighted by atomic mass is 9.82. The third-order valence-electron chi connectivity index (χ3n) is 6.24. The Kier molecular flexibility index (Phi) is 7.19. The van der Waals surface area contributed by atoms with Gasteiger partial charge in [0.15, 0.2) is 0 Å². The number of benzene rings is 2. The highest BCUT2D eigenvalue weighted by molar-refractivity contribution is 5.94. The molecule has 33 heavy (non-hydrogen) atoms. The van der Waals surface area contributed by atoms with Crippen molar-refractivity contribution in [3.63, 3.8) is 0 Å². The lowest BCUT2D eigenvalue weighted by Gasteiger charge is -2.31. The van der Waals surface area contributed by atoms with Crippen molar-refractivity contribution in [1.29, 1.82) is 0 Å². The fraction of sp³-hybridized carbons (Fsp3) is 0.346. The monoisotopic (exact) mass is 447 g/mol. The molecule has 1 aliphatic carbocycles. The Morgan fingerprint density at radius 2 is 1.85 bits per heavy atom. The van der Waals surface area contributed by atoms with E-state index in [4.69, 9.17) is 9.94 Å². The maximum absolute atomic E-state index is 12.8. The number of carbonyl (C=O) groups is 2. The van der Waals surface area contributed by atoms with Crippen molar-refractivity contribution < 1.29 is 19.5 Å².